The summed E-state index contributed by atoms with van der Waals surface area (Å²) >= 11 is 0. The average Bonchev–Trinajstić information content (AvgIpc) is 3.10. The number of halogens is 3. The summed E-state index contributed by atoms with van der Waals surface area (Å²) in [6, 6.07) is 3.98. The molecule has 1 unspecified atom stereocenters. The second-order valence-electron chi connectivity index (χ2n) is 8.43. The summed E-state index contributed by atoms with van der Waals surface area (Å²) in [5.74, 6) is -0.860. The molecule has 1 atom stereocenters. The molecule has 2 aromatic heterocycles. The van der Waals surface area contributed by atoms with Gasteiger partial charge in [0.2, 0.25) is 0 Å². The monoisotopic (exact) mass is 451 g/mol. The lowest BCUT2D eigenvalue weighted by molar-refractivity contribution is -0.192. The number of aromatic nitrogens is 3. The van der Waals surface area contributed by atoms with E-state index in [1.165, 1.54) is 31.2 Å². The molecule has 2 saturated heterocycles. The first kappa shape index (κ1) is 23.9. The summed E-state index contributed by atoms with van der Waals surface area (Å²) in [4.78, 5) is 25.3. The fourth-order valence-corrected chi connectivity index (χ4v) is 4.24. The minimum Gasteiger partial charge on any atom is -0.475 e. The Labute approximate surface area is 185 Å². The molecule has 2 aromatic rings. The number of rotatable bonds is 2. The van der Waals surface area contributed by atoms with Crippen molar-refractivity contribution in [2.45, 2.75) is 45.7 Å². The fraction of sp³-hybridized carbons (Fsp3) is 0.545. The van der Waals surface area contributed by atoms with Gasteiger partial charge in [0, 0.05) is 54.3 Å². The van der Waals surface area contributed by atoms with Crippen molar-refractivity contribution < 1.29 is 23.1 Å². The van der Waals surface area contributed by atoms with Gasteiger partial charge < -0.3 is 15.3 Å². The van der Waals surface area contributed by atoms with Gasteiger partial charge >= 0.3 is 12.1 Å². The van der Waals surface area contributed by atoms with E-state index in [1.807, 2.05) is 18.3 Å². The van der Waals surface area contributed by atoms with Gasteiger partial charge in [-0.25, -0.2) is 14.8 Å². The van der Waals surface area contributed by atoms with Gasteiger partial charge in [-0.2, -0.15) is 13.2 Å². The molecule has 2 aliphatic rings. The summed E-state index contributed by atoms with van der Waals surface area (Å²) in [6.07, 6.45) is 3.72. The Morgan fingerprint density at radius 2 is 1.97 bits per heavy atom. The van der Waals surface area contributed by atoms with E-state index in [0.717, 1.165) is 49.1 Å². The molecule has 0 aromatic carbocycles. The number of aryl methyl sites for hydroxylation is 1. The van der Waals surface area contributed by atoms with Gasteiger partial charge in [-0.1, -0.05) is 6.42 Å². The predicted molar refractivity (Wildman–Crippen MR) is 114 cm³/mol. The van der Waals surface area contributed by atoms with Crippen molar-refractivity contribution in [2.24, 2.45) is 5.41 Å². The number of hydrogen-bond acceptors (Lipinski definition) is 6. The number of aliphatic carboxylic acids is 1. The SMILES string of the molecule is Cc1nc(-c2cccnc2)nc(N2CCCCC3(CCNC3)C2)c1C.O=C(O)C(F)(F)F. The maximum Gasteiger partial charge on any atom is 0.490 e. The molecule has 32 heavy (non-hydrogen) atoms. The van der Waals surface area contributed by atoms with Gasteiger partial charge in [-0.3, -0.25) is 4.98 Å². The van der Waals surface area contributed by atoms with Crippen molar-refractivity contribution in [3.63, 3.8) is 0 Å². The lowest BCUT2D eigenvalue weighted by atomic mass is 9.82. The number of carboxylic acids is 1. The topological polar surface area (TPSA) is 91.2 Å². The predicted octanol–water partition coefficient (Wildman–Crippen LogP) is 3.76. The Hall–Kier alpha value is -2.75. The van der Waals surface area contributed by atoms with E-state index >= 15 is 0 Å². The number of carbonyl (C=O) groups is 1. The number of carboxylic acid groups (broad SMARTS) is 1. The second-order valence-corrected chi connectivity index (χ2v) is 8.43. The van der Waals surface area contributed by atoms with Crippen LogP contribution in [-0.2, 0) is 4.79 Å². The summed E-state index contributed by atoms with van der Waals surface area (Å²) in [5.41, 5.74) is 3.66. The Morgan fingerprint density at radius 3 is 2.56 bits per heavy atom. The van der Waals surface area contributed by atoms with Gasteiger partial charge in [0.15, 0.2) is 5.82 Å². The zero-order chi connectivity index (χ0) is 23.4. The lowest BCUT2D eigenvalue weighted by Gasteiger charge is -2.33. The largest absolute Gasteiger partial charge is 0.490 e. The first-order valence-electron chi connectivity index (χ1n) is 10.6. The summed E-state index contributed by atoms with van der Waals surface area (Å²) < 4.78 is 31.7. The van der Waals surface area contributed by atoms with Gasteiger partial charge in [-0.15, -0.1) is 0 Å². The third kappa shape index (κ3) is 5.73. The smallest absolute Gasteiger partial charge is 0.475 e. The van der Waals surface area contributed by atoms with Crippen LogP contribution in [0.15, 0.2) is 24.5 Å². The highest BCUT2D eigenvalue weighted by atomic mass is 19.4. The van der Waals surface area contributed by atoms with Crippen LogP contribution in [-0.4, -0.2) is 58.4 Å². The zero-order valence-electron chi connectivity index (χ0n) is 18.2. The molecule has 1 spiro atoms. The molecule has 2 aliphatic heterocycles. The third-order valence-electron chi connectivity index (χ3n) is 6.07. The fourth-order valence-electron chi connectivity index (χ4n) is 4.24. The number of pyridine rings is 1. The second kappa shape index (κ2) is 9.81. The van der Waals surface area contributed by atoms with Gasteiger partial charge in [-0.05, 0) is 51.8 Å². The Balaban J connectivity index is 0.000000360. The summed E-state index contributed by atoms with van der Waals surface area (Å²) in [7, 11) is 0. The first-order valence-corrected chi connectivity index (χ1v) is 10.6. The normalized spacial score (nSPS) is 21.1. The van der Waals surface area contributed by atoms with Crippen LogP contribution < -0.4 is 10.2 Å². The van der Waals surface area contributed by atoms with E-state index in [-0.39, 0.29) is 0 Å². The first-order chi connectivity index (χ1) is 15.1. The molecule has 0 saturated carbocycles. The van der Waals surface area contributed by atoms with E-state index in [2.05, 4.69) is 29.0 Å². The molecule has 2 N–H and O–H groups in total. The quantitative estimate of drug-likeness (QED) is 0.718. The summed E-state index contributed by atoms with van der Waals surface area (Å²) in [5, 5.41) is 10.7. The van der Waals surface area contributed by atoms with E-state index in [1.54, 1.807) is 6.20 Å². The van der Waals surface area contributed by atoms with E-state index in [9.17, 15) is 13.2 Å². The van der Waals surface area contributed by atoms with Crippen molar-refractivity contribution >= 4 is 11.8 Å². The van der Waals surface area contributed by atoms with Crippen LogP contribution in [0, 0.1) is 19.3 Å². The molecular weight excluding hydrogens is 423 g/mol. The number of alkyl halides is 3. The minimum atomic E-state index is -5.08. The maximum absolute atomic E-state index is 10.6. The summed E-state index contributed by atoms with van der Waals surface area (Å²) in [6.45, 7) is 8.72. The zero-order valence-corrected chi connectivity index (χ0v) is 18.2. The van der Waals surface area contributed by atoms with Crippen LogP contribution >= 0.6 is 0 Å². The van der Waals surface area contributed by atoms with Crippen LogP contribution in [0.25, 0.3) is 11.4 Å². The molecule has 2 fully saturated rings. The van der Waals surface area contributed by atoms with Crippen molar-refractivity contribution in [3.05, 3.63) is 35.8 Å². The van der Waals surface area contributed by atoms with Crippen LogP contribution in [0.5, 0.6) is 0 Å². The third-order valence-corrected chi connectivity index (χ3v) is 6.07. The Bertz CT molecular complexity index is 931. The highest BCUT2D eigenvalue weighted by Crippen LogP contribution is 2.37. The molecule has 0 amide bonds. The van der Waals surface area contributed by atoms with E-state index < -0.39 is 12.1 Å². The number of nitrogens with zero attached hydrogens (tertiary/aromatic N) is 4. The molecule has 0 bridgehead atoms. The van der Waals surface area contributed by atoms with Crippen molar-refractivity contribution in [3.8, 4) is 11.4 Å². The van der Waals surface area contributed by atoms with Crippen LogP contribution in [0.2, 0.25) is 0 Å². The standard InChI is InChI=1S/C20H27N5.C2HF3O2/c1-15-16(2)23-18(17-6-5-9-21-12-17)24-19(15)25-11-4-3-7-20(14-25)8-10-22-13-20;3-2(4,5)1(6)7/h5-6,9,12,22H,3-4,7-8,10-11,13-14H2,1-2H3;(H,6,7). The molecule has 7 nitrogen and oxygen atoms in total. The molecule has 4 rings (SSSR count). The molecule has 4 heterocycles. The van der Waals surface area contributed by atoms with Crippen molar-refractivity contribution in [1.29, 1.82) is 0 Å². The number of nitrogens with one attached hydrogen (secondary N) is 1. The Kier molecular flexibility index (Phi) is 7.33. The molecule has 0 aliphatic carbocycles. The van der Waals surface area contributed by atoms with Gasteiger partial charge in [0.1, 0.15) is 5.82 Å². The highest BCUT2D eigenvalue weighted by Gasteiger charge is 2.38. The Morgan fingerprint density at radius 1 is 1.22 bits per heavy atom. The minimum absolute atomic E-state index is 0.413. The average molecular weight is 451 g/mol. The van der Waals surface area contributed by atoms with Gasteiger partial charge in [0.05, 0.1) is 0 Å². The van der Waals surface area contributed by atoms with E-state index in [4.69, 9.17) is 19.9 Å². The number of hydrogen-bond donors (Lipinski definition) is 2. The van der Waals surface area contributed by atoms with E-state index in [0.29, 0.717) is 5.41 Å². The van der Waals surface area contributed by atoms with Crippen LogP contribution in [0.1, 0.15) is 36.9 Å². The van der Waals surface area contributed by atoms with Gasteiger partial charge in [0.25, 0.3) is 0 Å². The van der Waals surface area contributed by atoms with Crippen LogP contribution in [0.3, 0.4) is 0 Å². The van der Waals surface area contributed by atoms with Crippen molar-refractivity contribution in [2.75, 3.05) is 31.1 Å². The van der Waals surface area contributed by atoms with Crippen LogP contribution in [0.4, 0.5) is 19.0 Å². The molecule has 10 heteroatoms. The maximum atomic E-state index is 10.6. The molecule has 174 valence electrons. The molecular formula is C22H28F3N5O2. The van der Waals surface area contributed by atoms with Crippen molar-refractivity contribution in [1.82, 2.24) is 20.3 Å². The highest BCUT2D eigenvalue weighted by molar-refractivity contribution is 5.73. The lowest BCUT2D eigenvalue weighted by Crippen LogP contribution is -2.38. The molecule has 0 radical (unpaired) electrons. The number of anilines is 1.